The number of halogens is 2. The van der Waals surface area contributed by atoms with Crippen molar-refractivity contribution in [2.45, 2.75) is 32.1 Å². The first kappa shape index (κ1) is 22.5. The number of amides is 2. The third-order valence-electron chi connectivity index (χ3n) is 5.36. The van der Waals surface area contributed by atoms with E-state index >= 15 is 0 Å². The Morgan fingerprint density at radius 3 is 2.24 bits per heavy atom. The summed E-state index contributed by atoms with van der Waals surface area (Å²) in [6, 6.07) is 0. The average Bonchev–Trinajstić information content (AvgIpc) is 3.03. The molecule has 0 aliphatic carbocycles. The fourth-order valence-electron chi connectivity index (χ4n) is 3.93. The zero-order valence-corrected chi connectivity index (χ0v) is 16.6. The largest absolute Gasteiger partial charge is 0.342 e. The van der Waals surface area contributed by atoms with E-state index < -0.39 is 0 Å². The van der Waals surface area contributed by atoms with Gasteiger partial charge in [0.2, 0.25) is 11.8 Å². The van der Waals surface area contributed by atoms with E-state index in [-0.39, 0.29) is 36.6 Å². The number of likely N-dealkylation sites (tertiary alicyclic amines) is 1. The number of hydrogen-bond acceptors (Lipinski definition) is 4. The topological polar surface area (TPSA) is 55.9 Å². The molecule has 0 radical (unpaired) electrons. The van der Waals surface area contributed by atoms with Gasteiger partial charge >= 0.3 is 0 Å². The molecule has 146 valence electrons. The Hall–Kier alpha value is -0.560. The van der Waals surface area contributed by atoms with Crippen LogP contribution in [0.25, 0.3) is 0 Å². The van der Waals surface area contributed by atoms with Gasteiger partial charge in [0.25, 0.3) is 0 Å². The van der Waals surface area contributed by atoms with Crippen LogP contribution in [0.3, 0.4) is 0 Å². The molecule has 1 atom stereocenters. The van der Waals surface area contributed by atoms with Gasteiger partial charge in [0.05, 0.1) is 12.5 Å². The monoisotopic (exact) mass is 394 g/mol. The molecule has 2 amide bonds. The van der Waals surface area contributed by atoms with Gasteiger partial charge in [-0.1, -0.05) is 0 Å². The molecule has 8 heteroatoms. The highest BCUT2D eigenvalue weighted by atomic mass is 35.5. The fourth-order valence-corrected chi connectivity index (χ4v) is 3.93. The molecule has 3 saturated heterocycles. The molecular weight excluding hydrogens is 363 g/mol. The molecule has 0 saturated carbocycles. The molecule has 0 spiro atoms. The smallest absolute Gasteiger partial charge is 0.236 e. The quantitative estimate of drug-likeness (QED) is 0.775. The minimum absolute atomic E-state index is 0. The van der Waals surface area contributed by atoms with E-state index in [9.17, 15) is 9.59 Å². The first-order valence-electron chi connectivity index (χ1n) is 9.23. The predicted molar refractivity (Wildman–Crippen MR) is 104 cm³/mol. The van der Waals surface area contributed by atoms with Gasteiger partial charge in [-0.3, -0.25) is 14.5 Å². The van der Waals surface area contributed by atoms with Gasteiger partial charge in [0, 0.05) is 45.8 Å². The highest BCUT2D eigenvalue weighted by Crippen LogP contribution is 2.15. The van der Waals surface area contributed by atoms with Crippen molar-refractivity contribution in [2.75, 3.05) is 58.9 Å². The summed E-state index contributed by atoms with van der Waals surface area (Å²) in [7, 11) is 0. The lowest BCUT2D eigenvalue weighted by atomic mass is 9.98. The highest BCUT2D eigenvalue weighted by Gasteiger charge is 2.28. The van der Waals surface area contributed by atoms with Crippen LogP contribution in [0, 0.1) is 5.92 Å². The zero-order valence-electron chi connectivity index (χ0n) is 15.0. The second kappa shape index (κ2) is 11.2. The molecule has 1 N–H and O–H groups in total. The summed E-state index contributed by atoms with van der Waals surface area (Å²) in [6.07, 6.45) is 5.37. The molecular formula is C17H32Cl2N4O2. The van der Waals surface area contributed by atoms with Crippen molar-refractivity contribution in [3.8, 4) is 0 Å². The van der Waals surface area contributed by atoms with Crippen LogP contribution in [-0.4, -0.2) is 85.4 Å². The van der Waals surface area contributed by atoms with Crippen LogP contribution in [-0.2, 0) is 9.59 Å². The van der Waals surface area contributed by atoms with Crippen LogP contribution in [0.1, 0.15) is 32.1 Å². The zero-order chi connectivity index (χ0) is 16.1. The Balaban J connectivity index is 0.00000156. The minimum Gasteiger partial charge on any atom is -0.342 e. The first-order chi connectivity index (χ1) is 11.2. The number of carbonyl (C=O) groups excluding carboxylic acids is 2. The standard InChI is InChI=1S/C17H30N4O2.2ClH/c22-16(20-8-1-2-9-20)14-19-7-4-10-21(12-11-19)17(23)15-5-3-6-18-13-15;;/h15,18H,1-14H2;2*1H. The summed E-state index contributed by atoms with van der Waals surface area (Å²) >= 11 is 0. The summed E-state index contributed by atoms with van der Waals surface area (Å²) in [5, 5.41) is 3.33. The summed E-state index contributed by atoms with van der Waals surface area (Å²) < 4.78 is 0. The van der Waals surface area contributed by atoms with E-state index in [1.165, 1.54) is 0 Å². The Bertz CT molecular complexity index is 427. The van der Waals surface area contributed by atoms with E-state index in [1.807, 2.05) is 9.80 Å². The molecule has 0 aromatic carbocycles. The van der Waals surface area contributed by atoms with Crippen LogP contribution in [0.15, 0.2) is 0 Å². The Labute approximate surface area is 163 Å². The number of nitrogens with zero attached hydrogens (tertiary/aromatic N) is 3. The normalized spacial score (nSPS) is 24.9. The van der Waals surface area contributed by atoms with Gasteiger partial charge in [0.15, 0.2) is 0 Å². The number of piperidine rings is 1. The van der Waals surface area contributed by atoms with Gasteiger partial charge in [-0.15, -0.1) is 24.8 Å². The lowest BCUT2D eigenvalue weighted by Crippen LogP contribution is -2.45. The van der Waals surface area contributed by atoms with E-state index in [4.69, 9.17) is 0 Å². The lowest BCUT2D eigenvalue weighted by molar-refractivity contribution is -0.135. The molecule has 25 heavy (non-hydrogen) atoms. The van der Waals surface area contributed by atoms with Crippen molar-refractivity contribution >= 4 is 36.6 Å². The molecule has 3 aliphatic heterocycles. The van der Waals surface area contributed by atoms with E-state index in [0.717, 1.165) is 84.5 Å². The van der Waals surface area contributed by atoms with Crippen LogP contribution >= 0.6 is 24.8 Å². The lowest BCUT2D eigenvalue weighted by Gasteiger charge is -2.29. The van der Waals surface area contributed by atoms with E-state index in [1.54, 1.807) is 0 Å². The summed E-state index contributed by atoms with van der Waals surface area (Å²) in [4.78, 5) is 31.2. The molecule has 1 unspecified atom stereocenters. The molecule has 3 heterocycles. The molecule has 0 aromatic heterocycles. The van der Waals surface area contributed by atoms with Crippen molar-refractivity contribution < 1.29 is 9.59 Å². The maximum Gasteiger partial charge on any atom is 0.236 e. The first-order valence-corrected chi connectivity index (χ1v) is 9.23. The fraction of sp³-hybridized carbons (Fsp3) is 0.882. The van der Waals surface area contributed by atoms with Crippen molar-refractivity contribution in [3.05, 3.63) is 0 Å². The molecule has 0 bridgehead atoms. The Kier molecular flexibility index (Phi) is 10.1. The average molecular weight is 395 g/mol. The Morgan fingerprint density at radius 1 is 0.840 bits per heavy atom. The summed E-state index contributed by atoms with van der Waals surface area (Å²) in [5.41, 5.74) is 0. The van der Waals surface area contributed by atoms with Crippen molar-refractivity contribution in [1.82, 2.24) is 20.0 Å². The SMILES string of the molecule is Cl.Cl.O=C(CN1CCCN(C(=O)C2CCCNC2)CC1)N1CCCC1. The number of hydrogen-bond donors (Lipinski definition) is 1. The van der Waals surface area contributed by atoms with Crippen LogP contribution in [0.4, 0.5) is 0 Å². The maximum atomic E-state index is 12.6. The molecule has 3 fully saturated rings. The second-order valence-corrected chi connectivity index (χ2v) is 7.09. The highest BCUT2D eigenvalue weighted by molar-refractivity contribution is 5.85. The molecule has 3 rings (SSSR count). The van der Waals surface area contributed by atoms with Crippen molar-refractivity contribution in [3.63, 3.8) is 0 Å². The van der Waals surface area contributed by atoms with E-state index in [0.29, 0.717) is 12.5 Å². The van der Waals surface area contributed by atoms with Crippen molar-refractivity contribution in [2.24, 2.45) is 5.92 Å². The number of rotatable bonds is 3. The van der Waals surface area contributed by atoms with Crippen LogP contribution in [0.5, 0.6) is 0 Å². The van der Waals surface area contributed by atoms with Gasteiger partial charge < -0.3 is 15.1 Å². The second-order valence-electron chi connectivity index (χ2n) is 7.09. The summed E-state index contributed by atoms with van der Waals surface area (Å²) in [6.45, 7) is 7.58. The predicted octanol–water partition coefficient (Wildman–Crippen LogP) is 0.986. The molecule has 3 aliphatic rings. The van der Waals surface area contributed by atoms with Gasteiger partial charge in [-0.05, 0) is 38.6 Å². The maximum absolute atomic E-state index is 12.6. The number of carbonyl (C=O) groups is 2. The van der Waals surface area contributed by atoms with Crippen LogP contribution in [0.2, 0.25) is 0 Å². The molecule has 6 nitrogen and oxygen atoms in total. The third-order valence-corrected chi connectivity index (χ3v) is 5.36. The van der Waals surface area contributed by atoms with Crippen LogP contribution < -0.4 is 5.32 Å². The summed E-state index contributed by atoms with van der Waals surface area (Å²) in [5.74, 6) is 0.727. The van der Waals surface area contributed by atoms with Gasteiger partial charge in [-0.25, -0.2) is 0 Å². The van der Waals surface area contributed by atoms with Gasteiger partial charge in [0.1, 0.15) is 0 Å². The van der Waals surface area contributed by atoms with E-state index in [2.05, 4.69) is 10.2 Å². The van der Waals surface area contributed by atoms with Crippen molar-refractivity contribution in [1.29, 1.82) is 0 Å². The Morgan fingerprint density at radius 2 is 1.56 bits per heavy atom. The minimum atomic E-state index is 0. The van der Waals surface area contributed by atoms with Gasteiger partial charge in [-0.2, -0.15) is 0 Å². The molecule has 0 aromatic rings. The number of nitrogens with one attached hydrogen (secondary N) is 1. The third kappa shape index (κ3) is 6.27.